The Morgan fingerprint density at radius 3 is 2.19 bits per heavy atom. The number of hydrogen-bond donors (Lipinski definition) is 3. The number of amides is 2. The number of nitrogens with zero attached hydrogens (tertiary/aromatic N) is 1. The molecule has 2 amide bonds. The van der Waals surface area contributed by atoms with E-state index in [1.165, 1.54) is 42.6 Å². The number of pyridine rings is 1. The van der Waals surface area contributed by atoms with E-state index in [4.69, 9.17) is 19.3 Å². The van der Waals surface area contributed by atoms with Gasteiger partial charge in [0.05, 0.1) is 25.2 Å². The number of benzene rings is 3. The smallest absolute Gasteiger partial charge is 0.306 e. The largest absolute Gasteiger partial charge is 0.490 e. The maximum atomic E-state index is 15.2. The first-order valence-electron chi connectivity index (χ1n) is 13.4. The molecule has 0 radical (unpaired) electrons. The van der Waals surface area contributed by atoms with Gasteiger partial charge in [0.15, 0.2) is 23.1 Å². The molecular weight excluding hydrogens is 564 g/mol. The molecule has 1 saturated carbocycles. The lowest BCUT2D eigenvalue weighted by atomic mass is 10.0. The van der Waals surface area contributed by atoms with Crippen LogP contribution in [0, 0.1) is 17.0 Å². The molecule has 0 saturated heterocycles. The van der Waals surface area contributed by atoms with Crippen LogP contribution in [0.1, 0.15) is 26.2 Å². The molecule has 43 heavy (non-hydrogen) atoms. The molecule has 0 unspecified atom stereocenters. The normalized spacial score (nSPS) is 13.2. The fourth-order valence-electron chi connectivity index (χ4n) is 4.34. The van der Waals surface area contributed by atoms with Crippen LogP contribution in [-0.4, -0.2) is 41.1 Å². The summed E-state index contributed by atoms with van der Waals surface area (Å²) in [5.41, 5.74) is -0.358. The summed E-state index contributed by atoms with van der Waals surface area (Å²) in [5.74, 6) is -2.52. The number of carboxylic acids is 1. The van der Waals surface area contributed by atoms with Gasteiger partial charge in [-0.2, -0.15) is 0 Å². The van der Waals surface area contributed by atoms with E-state index >= 15 is 4.39 Å². The second-order valence-corrected chi connectivity index (χ2v) is 9.79. The van der Waals surface area contributed by atoms with Gasteiger partial charge in [-0.05, 0) is 68.3 Å². The van der Waals surface area contributed by atoms with Crippen molar-refractivity contribution in [3.05, 3.63) is 78.5 Å². The molecule has 12 heteroatoms. The molecule has 3 aromatic carbocycles. The average molecular weight is 592 g/mol. The summed E-state index contributed by atoms with van der Waals surface area (Å²) < 4.78 is 45.4. The summed E-state index contributed by atoms with van der Waals surface area (Å²) in [6, 6.07) is 13.8. The number of rotatable bonds is 12. The first-order valence-corrected chi connectivity index (χ1v) is 13.4. The minimum atomic E-state index is -1.30. The van der Waals surface area contributed by atoms with Crippen molar-refractivity contribution in [3.63, 3.8) is 0 Å². The Balaban J connectivity index is 1.30. The number of anilines is 2. The summed E-state index contributed by atoms with van der Waals surface area (Å²) in [6.07, 6.45) is 1.92. The van der Waals surface area contributed by atoms with Gasteiger partial charge in [-0.25, -0.2) is 8.78 Å². The average Bonchev–Trinajstić information content (AvgIpc) is 3.79. The molecule has 1 aliphatic carbocycles. The number of carbonyl (C=O) groups is 3. The highest BCUT2D eigenvalue weighted by Gasteiger charge is 2.56. The van der Waals surface area contributed by atoms with Gasteiger partial charge < -0.3 is 30.0 Å². The van der Waals surface area contributed by atoms with Crippen molar-refractivity contribution in [1.29, 1.82) is 0 Å². The Labute approximate surface area is 244 Å². The lowest BCUT2D eigenvalue weighted by Crippen LogP contribution is -2.35. The zero-order valence-corrected chi connectivity index (χ0v) is 23.0. The fraction of sp³-hybridized carbons (Fsp3) is 0.226. The van der Waals surface area contributed by atoms with Crippen LogP contribution in [0.5, 0.6) is 23.0 Å². The SMILES string of the molecule is CCOc1cc2c(Oc3ccc(NC(=O)C4(C(=O)Nc5ccc(F)cc5)CC4)cc3F)ccnc2cc1OCCC(=O)O. The second kappa shape index (κ2) is 12.3. The third-order valence-corrected chi connectivity index (χ3v) is 6.77. The van der Waals surface area contributed by atoms with Gasteiger partial charge >= 0.3 is 5.97 Å². The second-order valence-electron chi connectivity index (χ2n) is 9.79. The molecule has 0 spiro atoms. The topological polar surface area (TPSA) is 136 Å². The third-order valence-electron chi connectivity index (χ3n) is 6.77. The summed E-state index contributed by atoms with van der Waals surface area (Å²) >= 11 is 0. The number of hydrogen-bond acceptors (Lipinski definition) is 7. The molecule has 1 fully saturated rings. The first-order chi connectivity index (χ1) is 20.7. The van der Waals surface area contributed by atoms with Crippen molar-refractivity contribution in [2.45, 2.75) is 26.2 Å². The Hall–Kier alpha value is -5.26. The highest BCUT2D eigenvalue weighted by atomic mass is 19.1. The molecule has 1 aliphatic rings. The van der Waals surface area contributed by atoms with E-state index < -0.39 is 34.8 Å². The molecule has 4 aromatic rings. The maximum absolute atomic E-state index is 15.2. The van der Waals surface area contributed by atoms with Crippen LogP contribution in [0.2, 0.25) is 0 Å². The van der Waals surface area contributed by atoms with E-state index in [-0.39, 0.29) is 30.2 Å². The molecule has 10 nitrogen and oxygen atoms in total. The van der Waals surface area contributed by atoms with E-state index in [1.54, 1.807) is 25.1 Å². The molecule has 5 rings (SSSR count). The fourth-order valence-corrected chi connectivity index (χ4v) is 4.34. The predicted octanol–water partition coefficient (Wildman–Crippen LogP) is 5.91. The van der Waals surface area contributed by atoms with Crippen molar-refractivity contribution in [1.82, 2.24) is 4.98 Å². The number of aromatic nitrogens is 1. The molecule has 3 N–H and O–H groups in total. The summed E-state index contributed by atoms with van der Waals surface area (Å²) in [4.78, 5) is 41.0. The number of halogens is 2. The Bertz CT molecular complexity index is 1690. The van der Waals surface area contributed by atoms with Crippen molar-refractivity contribution in [3.8, 4) is 23.0 Å². The van der Waals surface area contributed by atoms with Gasteiger partial charge in [-0.1, -0.05) is 0 Å². The first kappa shape index (κ1) is 29.2. The Morgan fingerprint density at radius 2 is 1.53 bits per heavy atom. The number of nitrogens with one attached hydrogen (secondary N) is 2. The predicted molar refractivity (Wildman–Crippen MR) is 152 cm³/mol. The lowest BCUT2D eigenvalue weighted by Gasteiger charge is -2.16. The van der Waals surface area contributed by atoms with Gasteiger partial charge in [0.25, 0.3) is 0 Å². The van der Waals surface area contributed by atoms with Crippen molar-refractivity contribution in [2.75, 3.05) is 23.8 Å². The molecule has 1 aromatic heterocycles. The molecule has 0 atom stereocenters. The zero-order chi connectivity index (χ0) is 30.6. The van der Waals surface area contributed by atoms with Gasteiger partial charge in [-0.15, -0.1) is 0 Å². The summed E-state index contributed by atoms with van der Waals surface area (Å²) in [6.45, 7) is 2.03. The van der Waals surface area contributed by atoms with Crippen LogP contribution in [0.4, 0.5) is 20.2 Å². The van der Waals surface area contributed by atoms with Crippen LogP contribution < -0.4 is 24.8 Å². The quantitative estimate of drug-likeness (QED) is 0.173. The van der Waals surface area contributed by atoms with E-state index in [1.807, 2.05) is 0 Å². The van der Waals surface area contributed by atoms with E-state index in [0.717, 1.165) is 6.07 Å². The molecule has 222 valence electrons. The monoisotopic (exact) mass is 591 g/mol. The van der Waals surface area contributed by atoms with Crippen LogP contribution in [0.25, 0.3) is 10.9 Å². The number of ether oxygens (including phenoxy) is 3. The summed E-state index contributed by atoms with van der Waals surface area (Å²) in [5, 5.41) is 14.6. The van der Waals surface area contributed by atoms with Crippen LogP contribution in [0.3, 0.4) is 0 Å². The molecule has 0 bridgehead atoms. The van der Waals surface area contributed by atoms with E-state index in [0.29, 0.717) is 47.5 Å². The van der Waals surface area contributed by atoms with Crippen LogP contribution >= 0.6 is 0 Å². The molecule has 1 heterocycles. The van der Waals surface area contributed by atoms with Gasteiger partial charge in [-0.3, -0.25) is 19.4 Å². The molecule has 0 aliphatic heterocycles. The number of carboxylic acid groups (broad SMARTS) is 1. The Morgan fingerprint density at radius 1 is 0.860 bits per heavy atom. The number of aliphatic carboxylic acids is 1. The highest BCUT2D eigenvalue weighted by Crippen LogP contribution is 2.47. The minimum Gasteiger partial charge on any atom is -0.490 e. The molecular formula is C31H27F2N3O7. The van der Waals surface area contributed by atoms with E-state index in [9.17, 15) is 18.8 Å². The van der Waals surface area contributed by atoms with Crippen LogP contribution in [0.15, 0.2) is 66.9 Å². The minimum absolute atomic E-state index is 0.0642. The third kappa shape index (κ3) is 6.64. The maximum Gasteiger partial charge on any atom is 0.306 e. The van der Waals surface area contributed by atoms with Gasteiger partial charge in [0.2, 0.25) is 11.8 Å². The van der Waals surface area contributed by atoms with Gasteiger partial charge in [0, 0.05) is 35.1 Å². The van der Waals surface area contributed by atoms with Crippen molar-refractivity contribution >= 4 is 40.1 Å². The number of carbonyl (C=O) groups excluding carboxylic acids is 2. The zero-order valence-electron chi connectivity index (χ0n) is 23.0. The van der Waals surface area contributed by atoms with Crippen LogP contribution in [-0.2, 0) is 14.4 Å². The highest BCUT2D eigenvalue weighted by molar-refractivity contribution is 6.16. The van der Waals surface area contributed by atoms with Crippen molar-refractivity contribution < 1.29 is 42.5 Å². The lowest BCUT2D eigenvalue weighted by molar-refractivity contribution is -0.137. The van der Waals surface area contributed by atoms with Crippen molar-refractivity contribution in [2.24, 2.45) is 5.41 Å². The Kier molecular flexibility index (Phi) is 8.37. The number of fused-ring (bicyclic) bond motifs is 1. The van der Waals surface area contributed by atoms with E-state index in [2.05, 4.69) is 15.6 Å². The summed E-state index contributed by atoms with van der Waals surface area (Å²) in [7, 11) is 0. The van der Waals surface area contributed by atoms with Gasteiger partial charge in [0.1, 0.15) is 17.0 Å². The standard InChI is InChI=1S/C31H27F2N3O7/c1-2-41-26-16-21-23(17-27(26)42-14-10-28(37)38)34-13-9-24(21)43-25-8-7-20(15-22(25)33)36-30(40)31(11-12-31)29(39)35-19-5-3-18(32)4-6-19/h3-9,13,15-17H,2,10-12,14H2,1H3,(H,35,39)(H,36,40)(H,37,38).